The molecule has 4 atom stereocenters. The lowest BCUT2D eigenvalue weighted by atomic mass is 9.98. The molecule has 3 N–H and O–H groups in total. The van der Waals surface area contributed by atoms with Crippen molar-refractivity contribution in [2.45, 2.75) is 64.6 Å². The number of benzene rings is 1. The van der Waals surface area contributed by atoms with Gasteiger partial charge in [0.15, 0.2) is 0 Å². The number of carbonyl (C=O) groups excluding carboxylic acids is 4. The van der Waals surface area contributed by atoms with Gasteiger partial charge in [0.05, 0.1) is 6.04 Å². The minimum Gasteiger partial charge on any atom is -0.446 e. The average molecular weight is 432 g/mol. The van der Waals surface area contributed by atoms with Gasteiger partial charge in [0.2, 0.25) is 11.8 Å². The highest BCUT2D eigenvalue weighted by atomic mass is 16.6. The van der Waals surface area contributed by atoms with Crippen LogP contribution in [0.15, 0.2) is 30.3 Å². The van der Waals surface area contributed by atoms with Crippen molar-refractivity contribution in [2.24, 2.45) is 11.8 Å². The van der Waals surface area contributed by atoms with Crippen molar-refractivity contribution in [3.63, 3.8) is 0 Å². The van der Waals surface area contributed by atoms with Crippen LogP contribution >= 0.6 is 0 Å². The highest BCUT2D eigenvalue weighted by molar-refractivity contribution is 5.88. The third-order valence-corrected chi connectivity index (χ3v) is 5.18. The highest BCUT2D eigenvalue weighted by Gasteiger charge is 2.30. The number of hydrogen-bond donors (Lipinski definition) is 3. The fourth-order valence-electron chi connectivity index (χ4n) is 3.66. The largest absolute Gasteiger partial charge is 0.446 e. The molecule has 0 bridgehead atoms. The van der Waals surface area contributed by atoms with Crippen LogP contribution in [0.1, 0.15) is 45.6 Å². The van der Waals surface area contributed by atoms with E-state index in [9.17, 15) is 19.2 Å². The van der Waals surface area contributed by atoms with Crippen molar-refractivity contribution in [3.05, 3.63) is 35.9 Å². The Morgan fingerprint density at radius 3 is 2.48 bits per heavy atom. The zero-order valence-electron chi connectivity index (χ0n) is 18.4. The molecule has 0 radical (unpaired) electrons. The molecule has 0 aliphatic carbocycles. The quantitative estimate of drug-likeness (QED) is 0.464. The molecule has 0 saturated carbocycles. The summed E-state index contributed by atoms with van der Waals surface area (Å²) >= 11 is 0. The smallest absolute Gasteiger partial charge is 0.408 e. The third kappa shape index (κ3) is 8.39. The Bertz CT molecular complexity index is 753. The van der Waals surface area contributed by atoms with Gasteiger partial charge in [-0.2, -0.15) is 0 Å². The lowest BCUT2D eigenvalue weighted by Crippen LogP contribution is -2.51. The molecule has 1 aromatic carbocycles. The van der Waals surface area contributed by atoms with Crippen molar-refractivity contribution in [2.75, 3.05) is 6.54 Å². The molecule has 8 nitrogen and oxygen atoms in total. The SMILES string of the molecule is CC(C)C[C@H](NC(=O)OC(C)Cc1ccccc1)C(=O)N[C@H](C=O)C[C@@H]1CCNC1=O. The first-order chi connectivity index (χ1) is 14.8. The van der Waals surface area contributed by atoms with Crippen LogP contribution in [0.4, 0.5) is 4.79 Å². The van der Waals surface area contributed by atoms with Crippen LogP contribution in [0, 0.1) is 11.8 Å². The van der Waals surface area contributed by atoms with E-state index in [0.717, 1.165) is 5.56 Å². The minimum atomic E-state index is -0.837. The van der Waals surface area contributed by atoms with Gasteiger partial charge in [-0.25, -0.2) is 4.79 Å². The molecule has 1 aromatic rings. The zero-order valence-corrected chi connectivity index (χ0v) is 18.4. The Kier molecular flexibility index (Phi) is 9.49. The average Bonchev–Trinajstić information content (AvgIpc) is 3.11. The molecule has 1 unspecified atom stereocenters. The van der Waals surface area contributed by atoms with Gasteiger partial charge in [-0.05, 0) is 37.7 Å². The molecule has 1 aliphatic heterocycles. The Morgan fingerprint density at radius 1 is 1.19 bits per heavy atom. The second-order valence-electron chi connectivity index (χ2n) is 8.50. The summed E-state index contributed by atoms with van der Waals surface area (Å²) in [6, 6.07) is 8.05. The molecule has 8 heteroatoms. The molecule has 1 heterocycles. The molecule has 2 rings (SSSR count). The van der Waals surface area contributed by atoms with Crippen molar-refractivity contribution in [1.82, 2.24) is 16.0 Å². The van der Waals surface area contributed by atoms with Crippen molar-refractivity contribution >= 4 is 24.2 Å². The van der Waals surface area contributed by atoms with Crippen LogP contribution in [0.3, 0.4) is 0 Å². The maximum Gasteiger partial charge on any atom is 0.408 e. The number of aldehydes is 1. The Balaban J connectivity index is 1.91. The molecule has 1 aliphatic rings. The molecule has 31 heavy (non-hydrogen) atoms. The van der Waals surface area contributed by atoms with Gasteiger partial charge in [-0.1, -0.05) is 44.2 Å². The van der Waals surface area contributed by atoms with Crippen molar-refractivity contribution in [1.29, 1.82) is 0 Å². The molecule has 1 saturated heterocycles. The Hall–Kier alpha value is -2.90. The molecular weight excluding hydrogens is 398 g/mol. The standard InChI is InChI=1S/C23H33N3O5/c1-15(2)11-20(22(29)25-19(14-27)13-18-9-10-24-21(18)28)26-23(30)31-16(3)12-17-7-5-4-6-8-17/h4-8,14-16,18-20H,9-13H2,1-3H3,(H,24,28)(H,25,29)(H,26,30)/t16?,18-,19-,20-/m0/s1. The number of ether oxygens (including phenoxy) is 1. The Morgan fingerprint density at radius 2 is 1.90 bits per heavy atom. The summed E-state index contributed by atoms with van der Waals surface area (Å²) in [5.74, 6) is -0.727. The Labute approximate surface area is 183 Å². The van der Waals surface area contributed by atoms with Crippen LogP contribution in [0.5, 0.6) is 0 Å². The lowest BCUT2D eigenvalue weighted by Gasteiger charge is -2.23. The van der Waals surface area contributed by atoms with E-state index in [4.69, 9.17) is 4.74 Å². The molecule has 3 amide bonds. The van der Waals surface area contributed by atoms with E-state index >= 15 is 0 Å². The molecule has 170 valence electrons. The molecule has 0 spiro atoms. The molecule has 0 aromatic heterocycles. The lowest BCUT2D eigenvalue weighted by molar-refractivity contribution is -0.127. The third-order valence-electron chi connectivity index (χ3n) is 5.18. The first kappa shape index (κ1) is 24.4. The summed E-state index contributed by atoms with van der Waals surface area (Å²) in [7, 11) is 0. The van der Waals surface area contributed by atoms with E-state index in [0.29, 0.717) is 32.1 Å². The topological polar surface area (TPSA) is 114 Å². The first-order valence-electron chi connectivity index (χ1n) is 10.8. The number of hydrogen-bond acceptors (Lipinski definition) is 5. The summed E-state index contributed by atoms with van der Waals surface area (Å²) in [4.78, 5) is 48.4. The molecule has 1 fully saturated rings. The predicted molar refractivity (Wildman–Crippen MR) is 116 cm³/mol. The maximum atomic E-state index is 12.8. The number of carbonyl (C=O) groups is 4. The van der Waals surface area contributed by atoms with E-state index < -0.39 is 24.1 Å². The number of nitrogens with one attached hydrogen (secondary N) is 3. The minimum absolute atomic E-state index is 0.103. The second-order valence-corrected chi connectivity index (χ2v) is 8.50. The van der Waals surface area contributed by atoms with E-state index in [1.807, 2.05) is 44.2 Å². The van der Waals surface area contributed by atoms with Crippen LogP contribution in [0.2, 0.25) is 0 Å². The highest BCUT2D eigenvalue weighted by Crippen LogP contribution is 2.16. The van der Waals surface area contributed by atoms with Crippen LogP contribution < -0.4 is 16.0 Å². The van der Waals surface area contributed by atoms with E-state index in [1.165, 1.54) is 0 Å². The number of alkyl carbamates (subject to hydrolysis) is 1. The van der Waals surface area contributed by atoms with Gasteiger partial charge < -0.3 is 25.5 Å². The van der Waals surface area contributed by atoms with Crippen LogP contribution in [-0.4, -0.2) is 48.9 Å². The fourth-order valence-corrected chi connectivity index (χ4v) is 3.66. The normalized spacial score (nSPS) is 18.6. The van der Waals surface area contributed by atoms with Gasteiger partial charge >= 0.3 is 6.09 Å². The van der Waals surface area contributed by atoms with Gasteiger partial charge in [0.25, 0.3) is 0 Å². The first-order valence-corrected chi connectivity index (χ1v) is 10.8. The maximum absolute atomic E-state index is 12.8. The van der Waals surface area contributed by atoms with Crippen molar-refractivity contribution < 1.29 is 23.9 Å². The fraction of sp³-hybridized carbons (Fsp3) is 0.565. The van der Waals surface area contributed by atoms with E-state index in [1.54, 1.807) is 6.92 Å². The van der Waals surface area contributed by atoms with Gasteiger partial charge in [0, 0.05) is 18.9 Å². The van der Waals surface area contributed by atoms with Gasteiger partial charge in [-0.3, -0.25) is 9.59 Å². The van der Waals surface area contributed by atoms with Gasteiger partial charge in [-0.15, -0.1) is 0 Å². The van der Waals surface area contributed by atoms with E-state index in [-0.39, 0.29) is 30.3 Å². The summed E-state index contributed by atoms with van der Waals surface area (Å²) in [5, 5.41) is 8.01. The summed E-state index contributed by atoms with van der Waals surface area (Å²) in [5.41, 5.74) is 1.05. The van der Waals surface area contributed by atoms with Crippen LogP contribution in [0.25, 0.3) is 0 Å². The summed E-state index contributed by atoms with van der Waals surface area (Å²) < 4.78 is 5.42. The number of rotatable bonds is 11. The van der Waals surface area contributed by atoms with Crippen LogP contribution in [-0.2, 0) is 25.5 Å². The summed E-state index contributed by atoms with van der Waals surface area (Å²) in [6.07, 6.45) is 1.42. The monoisotopic (exact) mass is 431 g/mol. The summed E-state index contributed by atoms with van der Waals surface area (Å²) in [6.45, 7) is 6.24. The molecular formula is C23H33N3O5. The predicted octanol–water partition coefficient (Wildman–Crippen LogP) is 1.97. The van der Waals surface area contributed by atoms with Crippen molar-refractivity contribution in [3.8, 4) is 0 Å². The number of amides is 3. The van der Waals surface area contributed by atoms with E-state index in [2.05, 4.69) is 16.0 Å². The zero-order chi connectivity index (χ0) is 22.8. The second kappa shape index (κ2) is 12.1. The van der Waals surface area contributed by atoms with Gasteiger partial charge in [0.1, 0.15) is 18.4 Å².